The number of esters is 1. The molecule has 0 atom stereocenters. The molecule has 0 spiro atoms. The van der Waals surface area contributed by atoms with Gasteiger partial charge in [0.05, 0.1) is 24.1 Å². The highest BCUT2D eigenvalue weighted by Gasteiger charge is 2.20. The number of carboxylic acid groups (broad SMARTS) is 1. The SMILES string of the molecule is COC(=O)c1ccccc1Oc1ccc(CC(=O)O)cc1NS(=O)(=O)c1ccc(Br)cc1. The Morgan fingerprint density at radius 2 is 1.69 bits per heavy atom. The fourth-order valence-electron chi connectivity index (χ4n) is 2.80. The summed E-state index contributed by atoms with van der Waals surface area (Å²) in [5.74, 6) is -1.47. The largest absolute Gasteiger partial charge is 0.481 e. The van der Waals surface area contributed by atoms with Gasteiger partial charge in [-0.15, -0.1) is 0 Å². The van der Waals surface area contributed by atoms with E-state index in [1.54, 1.807) is 24.3 Å². The third-order valence-electron chi connectivity index (χ3n) is 4.28. The normalized spacial score (nSPS) is 10.9. The molecule has 0 saturated heterocycles. The highest BCUT2D eigenvalue weighted by atomic mass is 79.9. The lowest BCUT2D eigenvalue weighted by molar-refractivity contribution is -0.136. The van der Waals surface area contributed by atoms with Crippen LogP contribution in [0.5, 0.6) is 11.5 Å². The summed E-state index contributed by atoms with van der Waals surface area (Å²) in [6.45, 7) is 0. The van der Waals surface area contributed by atoms with Gasteiger partial charge in [0.1, 0.15) is 11.3 Å². The third kappa shape index (κ3) is 5.65. The zero-order valence-corrected chi connectivity index (χ0v) is 19.1. The van der Waals surface area contributed by atoms with Crippen molar-refractivity contribution in [1.82, 2.24) is 0 Å². The van der Waals surface area contributed by atoms with Crippen LogP contribution in [-0.2, 0) is 26.0 Å². The number of halogens is 1. The molecule has 0 unspecified atom stereocenters. The van der Waals surface area contributed by atoms with E-state index < -0.39 is 22.0 Å². The van der Waals surface area contributed by atoms with E-state index in [4.69, 9.17) is 14.6 Å². The minimum absolute atomic E-state index is 0.00486. The highest BCUT2D eigenvalue weighted by molar-refractivity contribution is 9.10. The molecule has 8 nitrogen and oxygen atoms in total. The number of rotatable bonds is 8. The van der Waals surface area contributed by atoms with E-state index in [1.165, 1.54) is 49.6 Å². The van der Waals surface area contributed by atoms with Crippen molar-refractivity contribution in [2.24, 2.45) is 0 Å². The number of methoxy groups -OCH3 is 1. The Labute approximate surface area is 193 Å². The first kappa shape index (κ1) is 23.3. The van der Waals surface area contributed by atoms with Gasteiger partial charge in [-0.1, -0.05) is 34.1 Å². The maximum atomic E-state index is 12.9. The van der Waals surface area contributed by atoms with Gasteiger partial charge in [-0.2, -0.15) is 0 Å². The molecule has 3 aromatic carbocycles. The number of anilines is 1. The lowest BCUT2D eigenvalue weighted by Gasteiger charge is -2.16. The number of hydrogen-bond acceptors (Lipinski definition) is 6. The molecule has 32 heavy (non-hydrogen) atoms. The van der Waals surface area contributed by atoms with E-state index in [0.717, 1.165) is 0 Å². The van der Waals surface area contributed by atoms with E-state index in [1.807, 2.05) is 0 Å². The van der Waals surface area contributed by atoms with Crippen molar-refractivity contribution in [2.45, 2.75) is 11.3 Å². The van der Waals surface area contributed by atoms with Crippen molar-refractivity contribution in [1.29, 1.82) is 0 Å². The summed E-state index contributed by atoms with van der Waals surface area (Å²) >= 11 is 3.26. The van der Waals surface area contributed by atoms with Gasteiger partial charge in [-0.25, -0.2) is 13.2 Å². The van der Waals surface area contributed by atoms with Crippen molar-refractivity contribution in [3.8, 4) is 11.5 Å². The Kier molecular flexibility index (Phi) is 7.16. The maximum absolute atomic E-state index is 12.9. The summed E-state index contributed by atoms with van der Waals surface area (Å²) in [5, 5.41) is 9.10. The minimum atomic E-state index is -4.01. The third-order valence-corrected chi connectivity index (χ3v) is 6.19. The zero-order valence-electron chi connectivity index (χ0n) is 16.7. The highest BCUT2D eigenvalue weighted by Crippen LogP contribution is 2.34. The van der Waals surface area contributed by atoms with Crippen molar-refractivity contribution in [2.75, 3.05) is 11.8 Å². The molecule has 166 valence electrons. The van der Waals surface area contributed by atoms with Crippen LogP contribution in [0.25, 0.3) is 0 Å². The Balaban J connectivity index is 2.03. The molecular formula is C22H18BrNO7S. The van der Waals surface area contributed by atoms with Gasteiger partial charge in [0.25, 0.3) is 10.0 Å². The quantitative estimate of drug-likeness (QED) is 0.421. The number of sulfonamides is 1. The van der Waals surface area contributed by atoms with Crippen LogP contribution >= 0.6 is 15.9 Å². The van der Waals surface area contributed by atoms with E-state index in [-0.39, 0.29) is 34.1 Å². The van der Waals surface area contributed by atoms with Gasteiger partial charge in [-0.3, -0.25) is 9.52 Å². The topological polar surface area (TPSA) is 119 Å². The van der Waals surface area contributed by atoms with Crippen LogP contribution in [0, 0.1) is 0 Å². The second-order valence-corrected chi connectivity index (χ2v) is 9.15. The second-order valence-electron chi connectivity index (χ2n) is 6.55. The molecule has 3 aromatic rings. The first-order chi connectivity index (χ1) is 15.2. The van der Waals surface area contributed by atoms with Gasteiger partial charge < -0.3 is 14.6 Å². The molecule has 0 amide bonds. The second kappa shape index (κ2) is 9.84. The fourth-order valence-corrected chi connectivity index (χ4v) is 4.13. The number of para-hydroxylation sites is 1. The Morgan fingerprint density at radius 3 is 2.34 bits per heavy atom. The molecule has 0 aliphatic heterocycles. The summed E-state index contributed by atoms with van der Waals surface area (Å²) in [4.78, 5) is 23.2. The molecule has 3 rings (SSSR count). The Hall–Kier alpha value is -3.37. The Morgan fingerprint density at radius 1 is 1.00 bits per heavy atom. The van der Waals surface area contributed by atoms with Crippen molar-refractivity contribution in [3.05, 3.63) is 82.3 Å². The van der Waals surface area contributed by atoms with Crippen LogP contribution in [0.4, 0.5) is 5.69 Å². The van der Waals surface area contributed by atoms with Crippen LogP contribution < -0.4 is 9.46 Å². The molecule has 0 aliphatic rings. The number of benzene rings is 3. The van der Waals surface area contributed by atoms with Crippen LogP contribution in [0.15, 0.2) is 76.1 Å². The molecule has 0 radical (unpaired) electrons. The number of nitrogens with one attached hydrogen (secondary N) is 1. The number of carbonyl (C=O) groups is 2. The number of ether oxygens (including phenoxy) is 2. The van der Waals surface area contributed by atoms with Crippen LogP contribution in [0.1, 0.15) is 15.9 Å². The molecule has 2 N–H and O–H groups in total. The Bertz CT molecular complexity index is 1260. The number of carboxylic acids is 1. The predicted octanol–water partition coefficient (Wildman–Crippen LogP) is 4.46. The first-order valence-electron chi connectivity index (χ1n) is 9.18. The summed E-state index contributed by atoms with van der Waals surface area (Å²) in [6, 6.07) is 16.6. The number of carbonyl (C=O) groups excluding carboxylic acids is 1. The summed E-state index contributed by atoms with van der Waals surface area (Å²) < 4.78 is 39.6. The van der Waals surface area contributed by atoms with Crippen molar-refractivity contribution >= 4 is 43.6 Å². The molecule has 0 heterocycles. The summed E-state index contributed by atoms with van der Waals surface area (Å²) in [7, 11) is -2.78. The molecule has 0 saturated carbocycles. The van der Waals surface area contributed by atoms with Gasteiger partial charge in [0.2, 0.25) is 0 Å². The number of aliphatic carboxylic acids is 1. The predicted molar refractivity (Wildman–Crippen MR) is 121 cm³/mol. The molecule has 0 aromatic heterocycles. The molecular weight excluding hydrogens is 502 g/mol. The van der Waals surface area contributed by atoms with E-state index in [2.05, 4.69) is 20.7 Å². The summed E-state index contributed by atoms with van der Waals surface area (Å²) in [5.41, 5.74) is 0.525. The van der Waals surface area contributed by atoms with Gasteiger partial charge >= 0.3 is 11.9 Å². The molecule has 0 bridgehead atoms. The average molecular weight is 520 g/mol. The molecule has 10 heteroatoms. The first-order valence-corrected chi connectivity index (χ1v) is 11.5. The van der Waals surface area contributed by atoms with E-state index in [9.17, 15) is 18.0 Å². The van der Waals surface area contributed by atoms with Gasteiger partial charge in [0, 0.05) is 4.47 Å². The molecule has 0 fully saturated rings. The van der Waals surface area contributed by atoms with Crippen LogP contribution in [-0.4, -0.2) is 32.6 Å². The lowest BCUT2D eigenvalue weighted by Crippen LogP contribution is -2.14. The number of hydrogen-bond donors (Lipinski definition) is 2. The van der Waals surface area contributed by atoms with E-state index >= 15 is 0 Å². The van der Waals surface area contributed by atoms with Gasteiger partial charge in [-0.05, 0) is 54.1 Å². The average Bonchev–Trinajstić information content (AvgIpc) is 2.75. The zero-order chi connectivity index (χ0) is 23.3. The smallest absolute Gasteiger partial charge is 0.341 e. The monoisotopic (exact) mass is 519 g/mol. The lowest BCUT2D eigenvalue weighted by atomic mass is 10.1. The van der Waals surface area contributed by atoms with Crippen LogP contribution in [0.3, 0.4) is 0 Å². The van der Waals surface area contributed by atoms with Crippen molar-refractivity contribution in [3.63, 3.8) is 0 Å². The maximum Gasteiger partial charge on any atom is 0.341 e. The van der Waals surface area contributed by atoms with Crippen LogP contribution in [0.2, 0.25) is 0 Å². The van der Waals surface area contributed by atoms with Crippen molar-refractivity contribution < 1.29 is 32.6 Å². The molecule has 0 aliphatic carbocycles. The fraction of sp³-hybridized carbons (Fsp3) is 0.0909. The minimum Gasteiger partial charge on any atom is -0.481 e. The van der Waals surface area contributed by atoms with Gasteiger partial charge in [0.15, 0.2) is 5.75 Å². The summed E-state index contributed by atoms with van der Waals surface area (Å²) in [6.07, 6.45) is -0.313. The van der Waals surface area contributed by atoms with E-state index in [0.29, 0.717) is 10.0 Å². The standard InChI is InChI=1S/C22H18BrNO7S/c1-30-22(27)17-4-2-3-5-19(17)31-20-11-6-14(13-21(25)26)12-18(20)24-32(28,29)16-9-7-15(23)8-10-16/h2-12,24H,13H2,1H3,(H,25,26).